The number of amides is 2. The molecule has 180 valence electrons. The standard InChI is InChI=1S/C29H37N3O2/c33-27(25-20-23-8-9-24(25)19-23)31-13-10-29(11-14-31)21-26(29)28(34)32-17-15-30(16-18-32)12-4-7-22-5-2-1-3-6-22/h1-9,23-26H,10-21H2/b7-4+/t23-,24+,25+,26+/m1/s1. The van der Waals surface area contributed by atoms with Gasteiger partial charge in [0.25, 0.3) is 0 Å². The zero-order valence-electron chi connectivity index (χ0n) is 20.1. The number of benzene rings is 1. The van der Waals surface area contributed by atoms with Crippen LogP contribution in [-0.2, 0) is 9.59 Å². The Morgan fingerprint density at radius 3 is 2.29 bits per heavy atom. The molecule has 3 aliphatic carbocycles. The number of allylic oxidation sites excluding steroid dienone is 2. The fraction of sp³-hybridized carbons (Fsp3) is 0.586. The van der Waals surface area contributed by atoms with Gasteiger partial charge in [-0.1, -0.05) is 54.6 Å². The van der Waals surface area contributed by atoms with Crippen LogP contribution in [0, 0.1) is 29.1 Å². The van der Waals surface area contributed by atoms with Crippen LogP contribution in [0.5, 0.6) is 0 Å². The molecule has 4 fully saturated rings. The van der Waals surface area contributed by atoms with Crippen LogP contribution in [0.15, 0.2) is 48.6 Å². The molecule has 5 nitrogen and oxygen atoms in total. The Bertz CT molecular complexity index is 970. The Labute approximate surface area is 203 Å². The van der Waals surface area contributed by atoms with Crippen molar-refractivity contribution >= 4 is 17.9 Å². The van der Waals surface area contributed by atoms with Crippen molar-refractivity contribution in [3.63, 3.8) is 0 Å². The minimum absolute atomic E-state index is 0.179. The number of carbonyl (C=O) groups is 2. The molecule has 2 bridgehead atoms. The lowest BCUT2D eigenvalue weighted by atomic mass is 9.87. The lowest BCUT2D eigenvalue weighted by Crippen LogP contribution is -2.50. The molecular weight excluding hydrogens is 422 g/mol. The second-order valence-electron chi connectivity index (χ2n) is 11.3. The summed E-state index contributed by atoms with van der Waals surface area (Å²) in [5, 5.41) is 0. The van der Waals surface area contributed by atoms with E-state index in [0.29, 0.717) is 23.7 Å². The molecule has 2 aliphatic heterocycles. The molecule has 2 heterocycles. The van der Waals surface area contributed by atoms with E-state index < -0.39 is 0 Å². The summed E-state index contributed by atoms with van der Waals surface area (Å²) in [7, 11) is 0. The largest absolute Gasteiger partial charge is 0.342 e. The fourth-order valence-electron chi connectivity index (χ4n) is 6.99. The molecule has 4 atom stereocenters. The number of carbonyl (C=O) groups excluding carboxylic acids is 2. The average Bonchev–Trinajstić information content (AvgIpc) is 3.19. The SMILES string of the molecule is O=C([C@H]1C[C@@H]2C=C[C@H]1C2)N1CCC2(CC1)C[C@H]2C(=O)N1CCN(C/C=C/c2ccccc2)CC1. The molecule has 0 radical (unpaired) electrons. The Morgan fingerprint density at radius 1 is 0.882 bits per heavy atom. The lowest BCUT2D eigenvalue weighted by molar-refractivity contribution is -0.138. The van der Waals surface area contributed by atoms with E-state index in [0.717, 1.165) is 71.5 Å². The second kappa shape index (κ2) is 8.99. The number of piperazine rings is 1. The molecule has 0 N–H and O–H groups in total. The molecule has 5 heteroatoms. The molecule has 1 spiro atoms. The van der Waals surface area contributed by atoms with E-state index >= 15 is 0 Å². The van der Waals surface area contributed by atoms with Gasteiger partial charge in [0.05, 0.1) is 0 Å². The van der Waals surface area contributed by atoms with Crippen LogP contribution in [0.2, 0.25) is 0 Å². The Morgan fingerprint density at radius 2 is 1.62 bits per heavy atom. The molecule has 0 unspecified atom stereocenters. The third kappa shape index (κ3) is 4.24. The maximum atomic E-state index is 13.3. The lowest BCUT2D eigenvalue weighted by Gasteiger charge is -2.37. The monoisotopic (exact) mass is 459 g/mol. The first-order valence-electron chi connectivity index (χ1n) is 13.3. The number of fused-ring (bicyclic) bond motifs is 2. The van der Waals surface area contributed by atoms with E-state index in [4.69, 9.17) is 0 Å². The van der Waals surface area contributed by atoms with E-state index in [2.05, 4.69) is 63.3 Å². The highest BCUT2D eigenvalue weighted by Crippen LogP contribution is 2.60. The summed E-state index contributed by atoms with van der Waals surface area (Å²) in [5.74, 6) is 2.29. The predicted molar refractivity (Wildman–Crippen MR) is 134 cm³/mol. The van der Waals surface area contributed by atoms with Crippen LogP contribution in [0.1, 0.15) is 37.7 Å². The van der Waals surface area contributed by atoms with Gasteiger partial charge in [-0.05, 0) is 54.9 Å². The molecule has 2 saturated carbocycles. The van der Waals surface area contributed by atoms with Gasteiger partial charge in [-0.25, -0.2) is 0 Å². The summed E-state index contributed by atoms with van der Waals surface area (Å²) in [6.07, 6.45) is 14.3. The fourth-order valence-corrected chi connectivity index (χ4v) is 6.99. The molecule has 34 heavy (non-hydrogen) atoms. The van der Waals surface area contributed by atoms with Crippen molar-refractivity contribution in [3.8, 4) is 0 Å². The normalized spacial score (nSPS) is 32.1. The van der Waals surface area contributed by atoms with Crippen molar-refractivity contribution in [1.82, 2.24) is 14.7 Å². The number of nitrogens with zero attached hydrogens (tertiary/aromatic N) is 3. The molecule has 5 aliphatic rings. The van der Waals surface area contributed by atoms with Gasteiger partial charge in [0, 0.05) is 57.6 Å². The van der Waals surface area contributed by atoms with Crippen molar-refractivity contribution in [2.24, 2.45) is 29.1 Å². The number of hydrogen-bond donors (Lipinski definition) is 0. The minimum Gasteiger partial charge on any atom is -0.342 e. The molecule has 2 amide bonds. The Balaban J connectivity index is 0.946. The summed E-state index contributed by atoms with van der Waals surface area (Å²) < 4.78 is 0. The van der Waals surface area contributed by atoms with Crippen molar-refractivity contribution in [2.45, 2.75) is 32.1 Å². The Kier molecular flexibility index (Phi) is 5.84. The van der Waals surface area contributed by atoms with E-state index in [-0.39, 0.29) is 17.3 Å². The number of piperidine rings is 1. The van der Waals surface area contributed by atoms with Gasteiger partial charge in [-0.3, -0.25) is 14.5 Å². The van der Waals surface area contributed by atoms with Crippen LogP contribution >= 0.6 is 0 Å². The highest BCUT2D eigenvalue weighted by Gasteiger charge is 2.60. The van der Waals surface area contributed by atoms with Gasteiger partial charge < -0.3 is 9.80 Å². The summed E-state index contributed by atoms with van der Waals surface area (Å²) in [6.45, 7) is 6.21. The number of likely N-dealkylation sites (tertiary alicyclic amines) is 1. The van der Waals surface area contributed by atoms with Crippen LogP contribution < -0.4 is 0 Å². The first-order valence-corrected chi connectivity index (χ1v) is 13.3. The van der Waals surface area contributed by atoms with Gasteiger partial charge in [-0.2, -0.15) is 0 Å². The van der Waals surface area contributed by atoms with Crippen LogP contribution in [0.4, 0.5) is 0 Å². The first-order chi connectivity index (χ1) is 16.6. The van der Waals surface area contributed by atoms with Gasteiger partial charge in [0.1, 0.15) is 0 Å². The van der Waals surface area contributed by atoms with Crippen LogP contribution in [0.3, 0.4) is 0 Å². The molecular formula is C29H37N3O2. The maximum absolute atomic E-state index is 13.3. The van der Waals surface area contributed by atoms with E-state index in [9.17, 15) is 9.59 Å². The van der Waals surface area contributed by atoms with E-state index in [1.165, 1.54) is 12.0 Å². The minimum atomic E-state index is 0.179. The quantitative estimate of drug-likeness (QED) is 0.631. The first kappa shape index (κ1) is 22.1. The van der Waals surface area contributed by atoms with Crippen molar-refractivity contribution in [2.75, 3.05) is 45.8 Å². The molecule has 0 aromatic heterocycles. The zero-order chi connectivity index (χ0) is 23.1. The second-order valence-corrected chi connectivity index (χ2v) is 11.3. The van der Waals surface area contributed by atoms with Crippen molar-refractivity contribution in [1.29, 1.82) is 0 Å². The predicted octanol–water partition coefficient (Wildman–Crippen LogP) is 3.68. The zero-order valence-corrected chi connectivity index (χ0v) is 20.1. The van der Waals surface area contributed by atoms with Crippen molar-refractivity contribution < 1.29 is 9.59 Å². The summed E-state index contributed by atoms with van der Waals surface area (Å²) in [5.41, 5.74) is 1.41. The third-order valence-electron chi connectivity index (χ3n) is 9.31. The van der Waals surface area contributed by atoms with Gasteiger partial charge in [0.15, 0.2) is 0 Å². The number of rotatable bonds is 5. The molecule has 6 rings (SSSR count). The van der Waals surface area contributed by atoms with Gasteiger partial charge >= 0.3 is 0 Å². The molecule has 1 aromatic rings. The van der Waals surface area contributed by atoms with Gasteiger partial charge in [-0.15, -0.1) is 0 Å². The summed E-state index contributed by atoms with van der Waals surface area (Å²) >= 11 is 0. The van der Waals surface area contributed by atoms with Gasteiger partial charge in [0.2, 0.25) is 11.8 Å². The third-order valence-corrected chi connectivity index (χ3v) is 9.31. The van der Waals surface area contributed by atoms with E-state index in [1.54, 1.807) is 0 Å². The summed E-state index contributed by atoms with van der Waals surface area (Å²) in [4.78, 5) is 33.0. The molecule has 2 saturated heterocycles. The van der Waals surface area contributed by atoms with Crippen LogP contribution in [-0.4, -0.2) is 72.3 Å². The van der Waals surface area contributed by atoms with Crippen molar-refractivity contribution in [3.05, 3.63) is 54.1 Å². The Hall–Kier alpha value is -2.40. The topological polar surface area (TPSA) is 43.9 Å². The van der Waals surface area contributed by atoms with Crippen LogP contribution in [0.25, 0.3) is 6.08 Å². The highest BCUT2D eigenvalue weighted by atomic mass is 16.2. The highest BCUT2D eigenvalue weighted by molar-refractivity contribution is 5.83. The smallest absolute Gasteiger partial charge is 0.226 e. The number of hydrogen-bond acceptors (Lipinski definition) is 3. The average molecular weight is 460 g/mol. The summed E-state index contributed by atoms with van der Waals surface area (Å²) in [6, 6.07) is 10.4. The van der Waals surface area contributed by atoms with E-state index in [1.807, 2.05) is 6.07 Å². The molecule has 1 aromatic carbocycles. The maximum Gasteiger partial charge on any atom is 0.226 e.